The molecule has 0 radical (unpaired) electrons. The third-order valence-electron chi connectivity index (χ3n) is 6.08. The number of anilines is 1. The van der Waals surface area contributed by atoms with Gasteiger partial charge in [0.2, 0.25) is 5.28 Å². The van der Waals surface area contributed by atoms with Gasteiger partial charge >= 0.3 is 6.09 Å². The molecule has 4 atom stereocenters. The van der Waals surface area contributed by atoms with Gasteiger partial charge in [-0.25, -0.2) is 9.48 Å². The average Bonchev–Trinajstić information content (AvgIpc) is 3.45. The molecule has 168 valence electrons. The molecule has 5 rings (SSSR count). The Morgan fingerprint density at radius 2 is 2.03 bits per heavy atom. The molecule has 0 aromatic carbocycles. The fourth-order valence-corrected chi connectivity index (χ4v) is 5.29. The van der Waals surface area contributed by atoms with Crippen LogP contribution in [0.5, 0.6) is 0 Å². The highest BCUT2D eigenvalue weighted by Gasteiger charge is 2.56. The molecular weight excluding hydrogens is 446 g/mol. The maximum absolute atomic E-state index is 12.1. The Bertz CT molecular complexity index is 1010. The molecule has 0 bridgehead atoms. The van der Waals surface area contributed by atoms with Crippen LogP contribution >= 0.6 is 24.2 Å². The number of carboxylic acid groups (broad SMARTS) is 1. The molecule has 10 nitrogen and oxygen atoms in total. The second-order valence-electron chi connectivity index (χ2n) is 8.55. The number of fused-ring (bicyclic) bond motifs is 2. The molecule has 1 saturated carbocycles. The summed E-state index contributed by atoms with van der Waals surface area (Å²) in [4.78, 5) is 22.0. The normalized spacial score (nSPS) is 30.2. The average molecular weight is 470 g/mol. The summed E-state index contributed by atoms with van der Waals surface area (Å²) in [6, 6.07) is -0.150. The minimum atomic E-state index is -1.07. The first kappa shape index (κ1) is 21.2. The molecule has 0 spiro atoms. The Morgan fingerprint density at radius 1 is 1.32 bits per heavy atom. The van der Waals surface area contributed by atoms with Crippen molar-refractivity contribution in [3.63, 3.8) is 0 Å². The maximum Gasteiger partial charge on any atom is 0.413 e. The Balaban J connectivity index is 1.58. The fourth-order valence-electron chi connectivity index (χ4n) is 4.84. The lowest BCUT2D eigenvalue weighted by atomic mass is 10.1. The smallest absolute Gasteiger partial charge is 0.413 e. The molecule has 1 amide bonds. The van der Waals surface area contributed by atoms with E-state index >= 15 is 0 Å². The highest BCUT2D eigenvalue weighted by atomic mass is 35.5. The predicted octanol–water partition coefficient (Wildman–Crippen LogP) is 3.25. The number of hydrogen-bond donors (Lipinski definition) is 2. The molecule has 0 unspecified atom stereocenters. The molecule has 2 aliphatic heterocycles. The molecule has 12 heteroatoms. The van der Waals surface area contributed by atoms with Crippen LogP contribution in [0.1, 0.15) is 45.8 Å². The number of hydrogen-bond acceptors (Lipinski definition) is 8. The van der Waals surface area contributed by atoms with E-state index in [1.807, 2.05) is 13.8 Å². The van der Waals surface area contributed by atoms with Crippen LogP contribution in [-0.2, 0) is 14.2 Å². The monoisotopic (exact) mass is 469 g/mol. The highest BCUT2D eigenvalue weighted by Crippen LogP contribution is 2.44. The van der Waals surface area contributed by atoms with Crippen molar-refractivity contribution in [2.75, 3.05) is 10.7 Å². The van der Waals surface area contributed by atoms with Gasteiger partial charge in [-0.2, -0.15) is 27.7 Å². The first-order valence-corrected chi connectivity index (χ1v) is 11.3. The summed E-state index contributed by atoms with van der Waals surface area (Å²) in [7, 11) is 0. The number of amides is 1. The Morgan fingerprint density at radius 3 is 2.71 bits per heavy atom. The van der Waals surface area contributed by atoms with Gasteiger partial charge in [-0.15, -0.1) is 0 Å². The zero-order valence-electron chi connectivity index (χ0n) is 17.1. The molecule has 4 heterocycles. The molecule has 2 aromatic rings. The minimum Gasteiger partial charge on any atom is -0.465 e. The number of ether oxygens (including phenoxy) is 3. The van der Waals surface area contributed by atoms with Crippen molar-refractivity contribution in [3.8, 4) is 0 Å². The van der Waals surface area contributed by atoms with Crippen molar-refractivity contribution < 1.29 is 24.1 Å². The summed E-state index contributed by atoms with van der Waals surface area (Å²) in [5.41, 5.74) is 0.385. The lowest BCUT2D eigenvalue weighted by Crippen LogP contribution is -2.38. The lowest BCUT2D eigenvalue weighted by molar-refractivity contribution is -0.195. The summed E-state index contributed by atoms with van der Waals surface area (Å²) in [6.07, 6.45) is 2.37. The Hall–Kier alpha value is -1.66. The van der Waals surface area contributed by atoms with Crippen LogP contribution in [0, 0.1) is 0 Å². The van der Waals surface area contributed by atoms with Crippen molar-refractivity contribution in [1.82, 2.24) is 19.7 Å². The van der Waals surface area contributed by atoms with Gasteiger partial charge < -0.3 is 19.3 Å². The minimum absolute atomic E-state index is 0.0577. The zero-order valence-corrected chi connectivity index (χ0v) is 18.8. The van der Waals surface area contributed by atoms with Gasteiger partial charge in [0.1, 0.15) is 12.2 Å². The number of carbonyl (C=O) groups is 1. The first-order chi connectivity index (χ1) is 14.8. The molecule has 31 heavy (non-hydrogen) atoms. The van der Waals surface area contributed by atoms with Crippen LogP contribution in [-0.4, -0.2) is 66.8 Å². The Labute approximate surface area is 189 Å². The molecular formula is C19H24ClN5O5S. The highest BCUT2D eigenvalue weighted by molar-refractivity contribution is 7.80. The second-order valence-corrected chi connectivity index (χ2v) is 9.25. The summed E-state index contributed by atoms with van der Waals surface area (Å²) in [5, 5.41) is 14.8. The SMILES string of the molecule is CC1(C)O[C@@H]2[C@H](O1)[C@@H](CS)O[C@H]2n1ncc2c(N(C(=O)O)C3CCCC3)nc(Cl)nc21. The molecule has 1 aliphatic carbocycles. The fraction of sp³-hybridized carbons (Fsp3) is 0.684. The number of rotatable bonds is 4. The van der Waals surface area contributed by atoms with E-state index in [2.05, 4.69) is 27.7 Å². The third kappa shape index (κ3) is 3.56. The first-order valence-electron chi connectivity index (χ1n) is 10.3. The number of aromatic nitrogens is 4. The van der Waals surface area contributed by atoms with Gasteiger partial charge in [0, 0.05) is 11.8 Å². The van der Waals surface area contributed by atoms with E-state index < -0.39 is 24.2 Å². The van der Waals surface area contributed by atoms with Crippen molar-refractivity contribution in [2.24, 2.45) is 0 Å². The molecule has 3 fully saturated rings. The number of thiol groups is 1. The zero-order chi connectivity index (χ0) is 21.9. The van der Waals surface area contributed by atoms with Gasteiger partial charge in [0.25, 0.3) is 0 Å². The van der Waals surface area contributed by atoms with E-state index in [-0.39, 0.29) is 29.4 Å². The van der Waals surface area contributed by atoms with E-state index in [0.29, 0.717) is 16.8 Å². The van der Waals surface area contributed by atoms with Gasteiger partial charge in [0.15, 0.2) is 23.5 Å². The third-order valence-corrected chi connectivity index (χ3v) is 6.61. The van der Waals surface area contributed by atoms with Crippen LogP contribution in [0.25, 0.3) is 11.0 Å². The summed E-state index contributed by atoms with van der Waals surface area (Å²) >= 11 is 10.6. The van der Waals surface area contributed by atoms with Crippen molar-refractivity contribution in [3.05, 3.63) is 11.5 Å². The predicted molar refractivity (Wildman–Crippen MR) is 115 cm³/mol. The quantitative estimate of drug-likeness (QED) is 0.518. The molecule has 2 saturated heterocycles. The standard InChI is InChI=1S/C19H24ClN5O5S/c1-19(2)29-12-11(8-31)28-16(13(12)30-19)25-15-10(7-21-25)14(22-17(20)23-15)24(18(26)27)9-5-3-4-6-9/h7,9,11-13,16,31H,3-6,8H2,1-2H3,(H,26,27)/t11-,12-,13-,16-/m1/s1. The Kier molecular flexibility index (Phi) is 5.29. The second kappa shape index (κ2) is 7.73. The van der Waals surface area contributed by atoms with E-state index in [4.69, 9.17) is 25.8 Å². The van der Waals surface area contributed by atoms with Crippen molar-refractivity contribution in [2.45, 2.75) is 75.9 Å². The summed E-state index contributed by atoms with van der Waals surface area (Å²) < 4.78 is 19.8. The van der Waals surface area contributed by atoms with E-state index in [1.54, 1.807) is 10.9 Å². The van der Waals surface area contributed by atoms with E-state index in [1.165, 1.54) is 4.90 Å². The van der Waals surface area contributed by atoms with Crippen LogP contribution in [0.3, 0.4) is 0 Å². The summed E-state index contributed by atoms with van der Waals surface area (Å²) in [6.45, 7) is 3.70. The van der Waals surface area contributed by atoms with Crippen LogP contribution in [0.2, 0.25) is 5.28 Å². The van der Waals surface area contributed by atoms with E-state index in [0.717, 1.165) is 25.7 Å². The largest absolute Gasteiger partial charge is 0.465 e. The molecule has 1 N–H and O–H groups in total. The van der Waals surface area contributed by atoms with Gasteiger partial charge in [-0.3, -0.25) is 4.90 Å². The number of halogens is 1. The summed E-state index contributed by atoms with van der Waals surface area (Å²) in [5.74, 6) is -0.0712. The lowest BCUT2D eigenvalue weighted by Gasteiger charge is -2.26. The van der Waals surface area contributed by atoms with Gasteiger partial charge in [-0.05, 0) is 38.3 Å². The van der Waals surface area contributed by atoms with Gasteiger partial charge in [0.05, 0.1) is 17.7 Å². The van der Waals surface area contributed by atoms with Crippen LogP contribution in [0.15, 0.2) is 6.20 Å². The van der Waals surface area contributed by atoms with Gasteiger partial charge in [-0.1, -0.05) is 12.8 Å². The van der Waals surface area contributed by atoms with Crippen LogP contribution in [0.4, 0.5) is 10.6 Å². The van der Waals surface area contributed by atoms with Crippen molar-refractivity contribution >= 4 is 47.2 Å². The van der Waals surface area contributed by atoms with Crippen LogP contribution < -0.4 is 4.90 Å². The van der Waals surface area contributed by atoms with E-state index in [9.17, 15) is 9.90 Å². The van der Waals surface area contributed by atoms with Crippen molar-refractivity contribution in [1.29, 1.82) is 0 Å². The topological polar surface area (TPSA) is 112 Å². The number of nitrogens with zero attached hydrogens (tertiary/aromatic N) is 5. The maximum atomic E-state index is 12.1. The molecule has 2 aromatic heterocycles. The molecule has 3 aliphatic rings.